The molecule has 0 radical (unpaired) electrons. The van der Waals surface area contributed by atoms with E-state index in [-0.39, 0.29) is 12.4 Å². The molecule has 26 heavy (non-hydrogen) atoms. The number of hydrogen-bond acceptors (Lipinski definition) is 4. The number of β-amino-alcohol motifs (C(OH)–C–C–N with tert-alkyl or cyclic N) is 1. The summed E-state index contributed by atoms with van der Waals surface area (Å²) in [6.45, 7) is 11.0. The summed E-state index contributed by atoms with van der Waals surface area (Å²) < 4.78 is 5.74. The van der Waals surface area contributed by atoms with Crippen molar-refractivity contribution < 1.29 is 14.6 Å². The molecule has 4 heteroatoms. The third kappa shape index (κ3) is 4.47. The van der Waals surface area contributed by atoms with Gasteiger partial charge in [0.25, 0.3) is 0 Å². The maximum Gasteiger partial charge on any atom is 0.162 e. The third-order valence-corrected chi connectivity index (χ3v) is 5.91. The minimum Gasteiger partial charge on any atom is -0.491 e. The Balaban J connectivity index is 1.50. The fraction of sp³-hybridized carbons (Fsp3) is 0.682. The second-order valence-corrected chi connectivity index (χ2v) is 9.41. The molecule has 3 atom stereocenters. The van der Waals surface area contributed by atoms with Crippen molar-refractivity contribution in [2.24, 2.45) is 10.8 Å². The highest BCUT2D eigenvalue weighted by Crippen LogP contribution is 2.52. The molecule has 0 spiro atoms. The Labute approximate surface area is 157 Å². The zero-order chi connectivity index (χ0) is 18.9. The van der Waals surface area contributed by atoms with Crippen molar-refractivity contribution in [2.45, 2.75) is 65.5 Å². The predicted octanol–water partition coefficient (Wildman–Crippen LogP) is 3.92. The van der Waals surface area contributed by atoms with E-state index < -0.39 is 6.10 Å². The van der Waals surface area contributed by atoms with Crippen LogP contribution in [0.5, 0.6) is 5.75 Å². The van der Waals surface area contributed by atoms with E-state index in [0.717, 1.165) is 6.54 Å². The molecule has 1 aliphatic carbocycles. The second-order valence-electron chi connectivity index (χ2n) is 9.41. The lowest BCUT2D eigenvalue weighted by Crippen LogP contribution is -2.39. The summed E-state index contributed by atoms with van der Waals surface area (Å²) in [7, 11) is 0. The predicted molar refractivity (Wildman–Crippen MR) is 104 cm³/mol. The van der Waals surface area contributed by atoms with Crippen LogP contribution in [0.1, 0.15) is 63.7 Å². The molecule has 0 amide bonds. The number of rotatable bonds is 7. The van der Waals surface area contributed by atoms with Crippen molar-refractivity contribution in [3.8, 4) is 5.75 Å². The molecule has 1 saturated carbocycles. The van der Waals surface area contributed by atoms with Gasteiger partial charge in [0, 0.05) is 31.1 Å². The number of hydrogen-bond donors (Lipinski definition) is 1. The highest BCUT2D eigenvalue weighted by molar-refractivity contribution is 5.95. The lowest BCUT2D eigenvalue weighted by atomic mass is 9.65. The van der Waals surface area contributed by atoms with Crippen LogP contribution in [0.15, 0.2) is 24.3 Å². The van der Waals surface area contributed by atoms with Gasteiger partial charge in [-0.25, -0.2) is 0 Å². The van der Waals surface area contributed by atoms with Crippen LogP contribution < -0.4 is 4.74 Å². The van der Waals surface area contributed by atoms with Crippen LogP contribution in [0.25, 0.3) is 0 Å². The molecule has 3 unspecified atom stereocenters. The Bertz CT molecular complexity index is 639. The van der Waals surface area contributed by atoms with Gasteiger partial charge in [-0.1, -0.05) is 27.7 Å². The monoisotopic (exact) mass is 359 g/mol. The first-order valence-corrected chi connectivity index (χ1v) is 9.88. The zero-order valence-electron chi connectivity index (χ0n) is 16.6. The van der Waals surface area contributed by atoms with E-state index in [4.69, 9.17) is 4.74 Å². The van der Waals surface area contributed by atoms with Gasteiger partial charge in [0.15, 0.2) is 5.78 Å². The normalized spacial score (nSPS) is 28.7. The lowest BCUT2D eigenvalue weighted by Gasteiger charge is -2.40. The molecule has 144 valence electrons. The molecule has 1 aliphatic heterocycles. The molecule has 4 nitrogen and oxygen atoms in total. The van der Waals surface area contributed by atoms with Gasteiger partial charge < -0.3 is 9.84 Å². The Morgan fingerprint density at radius 3 is 2.62 bits per heavy atom. The van der Waals surface area contributed by atoms with Gasteiger partial charge in [0.05, 0.1) is 0 Å². The number of Topliss-reactive ketones (excluding diaryl/α,β-unsaturated/α-hetero) is 1. The summed E-state index contributed by atoms with van der Waals surface area (Å²) in [6.07, 6.45) is 3.73. The van der Waals surface area contributed by atoms with Crippen molar-refractivity contribution >= 4 is 5.78 Å². The van der Waals surface area contributed by atoms with E-state index >= 15 is 0 Å². The molecule has 2 fully saturated rings. The van der Waals surface area contributed by atoms with Gasteiger partial charge in [0.1, 0.15) is 18.5 Å². The largest absolute Gasteiger partial charge is 0.491 e. The van der Waals surface area contributed by atoms with Crippen molar-refractivity contribution in [2.75, 3.05) is 19.7 Å². The van der Waals surface area contributed by atoms with Gasteiger partial charge in [-0.05, 0) is 54.4 Å². The topological polar surface area (TPSA) is 49.8 Å². The molecule has 1 heterocycles. The van der Waals surface area contributed by atoms with Crippen LogP contribution >= 0.6 is 0 Å². The van der Waals surface area contributed by atoms with Gasteiger partial charge in [-0.15, -0.1) is 0 Å². The Kier molecular flexibility index (Phi) is 5.45. The Morgan fingerprint density at radius 2 is 1.96 bits per heavy atom. The maximum absolute atomic E-state index is 11.7. The molecular weight excluding hydrogens is 326 g/mol. The average molecular weight is 360 g/mol. The zero-order valence-corrected chi connectivity index (χ0v) is 16.6. The summed E-state index contributed by atoms with van der Waals surface area (Å²) in [5, 5.41) is 10.5. The number of benzene rings is 1. The highest BCUT2D eigenvalue weighted by atomic mass is 16.5. The SMILES string of the molecule is CCC(=O)c1ccc(OCC(O)CN2CC3(C)CC2CC(C)(C)C3)cc1. The van der Waals surface area contributed by atoms with E-state index in [1.165, 1.54) is 19.3 Å². The molecular formula is C22H33NO3. The van der Waals surface area contributed by atoms with Crippen molar-refractivity contribution in [1.82, 2.24) is 4.90 Å². The van der Waals surface area contributed by atoms with Gasteiger partial charge >= 0.3 is 0 Å². The number of ketones is 1. The smallest absolute Gasteiger partial charge is 0.162 e. The van der Waals surface area contributed by atoms with Crippen LogP contribution in [0, 0.1) is 10.8 Å². The minimum atomic E-state index is -0.502. The van der Waals surface area contributed by atoms with Gasteiger partial charge in [-0.2, -0.15) is 0 Å². The first-order valence-electron chi connectivity index (χ1n) is 9.88. The standard InChI is InChI=1S/C22H33NO3/c1-5-20(25)16-6-8-19(9-7-16)26-13-18(24)12-23-15-22(4)11-17(23)10-21(2,3)14-22/h6-9,17-18,24H,5,10-15H2,1-4H3. The number of aliphatic hydroxyl groups excluding tert-OH is 1. The molecule has 1 N–H and O–H groups in total. The van der Waals surface area contributed by atoms with Crippen LogP contribution in [-0.2, 0) is 0 Å². The van der Waals surface area contributed by atoms with Gasteiger partial charge in [-0.3, -0.25) is 9.69 Å². The number of nitrogens with zero attached hydrogens (tertiary/aromatic N) is 1. The average Bonchev–Trinajstić information content (AvgIpc) is 2.80. The Morgan fingerprint density at radius 1 is 1.27 bits per heavy atom. The summed E-state index contributed by atoms with van der Waals surface area (Å²) in [4.78, 5) is 14.1. The van der Waals surface area contributed by atoms with Gasteiger partial charge in [0.2, 0.25) is 0 Å². The van der Waals surface area contributed by atoms with E-state index in [1.54, 1.807) is 12.1 Å². The van der Waals surface area contributed by atoms with E-state index in [1.807, 2.05) is 19.1 Å². The van der Waals surface area contributed by atoms with Crippen molar-refractivity contribution in [3.63, 3.8) is 0 Å². The summed E-state index contributed by atoms with van der Waals surface area (Å²) in [5.41, 5.74) is 1.49. The van der Waals surface area contributed by atoms with Crippen molar-refractivity contribution in [1.29, 1.82) is 0 Å². The van der Waals surface area contributed by atoms with Crippen LogP contribution in [0.4, 0.5) is 0 Å². The summed E-state index contributed by atoms with van der Waals surface area (Å²) in [5.74, 6) is 0.832. The lowest BCUT2D eigenvalue weighted by molar-refractivity contribution is 0.0584. The minimum absolute atomic E-state index is 0.133. The fourth-order valence-corrected chi connectivity index (χ4v) is 5.25. The third-order valence-electron chi connectivity index (χ3n) is 5.91. The number of carbonyl (C=O) groups is 1. The molecule has 1 aromatic carbocycles. The van der Waals surface area contributed by atoms with E-state index in [2.05, 4.69) is 25.7 Å². The second kappa shape index (κ2) is 7.32. The maximum atomic E-state index is 11.7. The number of likely N-dealkylation sites (tertiary alicyclic amines) is 1. The molecule has 1 aromatic rings. The van der Waals surface area contributed by atoms with Crippen LogP contribution in [0.3, 0.4) is 0 Å². The van der Waals surface area contributed by atoms with E-state index in [0.29, 0.717) is 41.2 Å². The first kappa shape index (κ1) is 19.4. The number of ether oxygens (including phenoxy) is 1. The molecule has 3 rings (SSSR count). The number of fused-ring (bicyclic) bond motifs is 2. The molecule has 1 saturated heterocycles. The quantitative estimate of drug-likeness (QED) is 0.750. The highest BCUT2D eigenvalue weighted by Gasteiger charge is 2.49. The first-order chi connectivity index (χ1) is 12.2. The molecule has 2 aliphatic rings. The number of carbonyl (C=O) groups excluding carboxylic acids is 1. The van der Waals surface area contributed by atoms with E-state index in [9.17, 15) is 9.90 Å². The van der Waals surface area contributed by atoms with Crippen LogP contribution in [0.2, 0.25) is 0 Å². The van der Waals surface area contributed by atoms with Crippen molar-refractivity contribution in [3.05, 3.63) is 29.8 Å². The number of aliphatic hydroxyl groups is 1. The molecule has 0 aromatic heterocycles. The summed E-state index contributed by atoms with van der Waals surface area (Å²) in [6, 6.07) is 7.78. The Hall–Kier alpha value is -1.39. The summed E-state index contributed by atoms with van der Waals surface area (Å²) >= 11 is 0. The van der Waals surface area contributed by atoms with Crippen LogP contribution in [-0.4, -0.2) is 47.6 Å². The molecule has 2 bridgehead atoms. The fourth-order valence-electron chi connectivity index (χ4n) is 5.25.